The van der Waals surface area contributed by atoms with E-state index in [0.717, 1.165) is 5.56 Å². The molecule has 0 fully saturated rings. The summed E-state index contributed by atoms with van der Waals surface area (Å²) < 4.78 is 12.9. The van der Waals surface area contributed by atoms with Crippen molar-refractivity contribution in [2.24, 2.45) is 5.10 Å². The van der Waals surface area contributed by atoms with Gasteiger partial charge in [0.15, 0.2) is 0 Å². The lowest BCUT2D eigenvalue weighted by atomic mass is 10.1. The van der Waals surface area contributed by atoms with Gasteiger partial charge in [-0.2, -0.15) is 5.10 Å². The van der Waals surface area contributed by atoms with Crippen LogP contribution in [0.1, 0.15) is 48.0 Å². The Hall–Kier alpha value is -4.48. The topological polar surface area (TPSA) is 169 Å². The molecule has 2 aromatic rings. The number of hydrogen-bond donors (Lipinski definition) is 6. The number of halogens is 1. The highest BCUT2D eigenvalue weighted by Crippen LogP contribution is 2.10. The van der Waals surface area contributed by atoms with Crippen molar-refractivity contribution in [2.45, 2.75) is 38.1 Å². The first-order chi connectivity index (χ1) is 17.7. The fourth-order valence-electron chi connectivity index (χ4n) is 2.99. The van der Waals surface area contributed by atoms with Crippen molar-refractivity contribution in [3.63, 3.8) is 0 Å². The normalized spacial score (nSPS) is 11.5. The maximum absolute atomic E-state index is 12.9. The first kappa shape index (κ1) is 28.8. The van der Waals surface area contributed by atoms with E-state index in [1.807, 2.05) is 0 Å². The number of hydrazone groups is 1. The fraction of sp³-hybridized carbons (Fsp3) is 0.280. The van der Waals surface area contributed by atoms with Gasteiger partial charge in [-0.15, -0.1) is 0 Å². The minimum atomic E-state index is -1.31. The summed E-state index contributed by atoms with van der Waals surface area (Å²) in [6.45, 7) is 1.90. The third-order valence-electron chi connectivity index (χ3n) is 4.97. The Labute approximate surface area is 213 Å². The smallest absolute Gasteiger partial charge is 0.326 e. The predicted octanol–water partition coefficient (Wildman–Crippen LogP) is 2.95. The second-order valence-electron chi connectivity index (χ2n) is 7.90. The van der Waals surface area contributed by atoms with Crippen LogP contribution in [0.5, 0.6) is 0 Å². The number of benzene rings is 2. The van der Waals surface area contributed by atoms with Crippen molar-refractivity contribution < 1.29 is 33.8 Å². The average Bonchev–Trinajstić information content (AvgIpc) is 2.87. The van der Waals surface area contributed by atoms with Crippen molar-refractivity contribution in [3.05, 3.63) is 72.0 Å². The first-order valence-corrected chi connectivity index (χ1v) is 11.5. The SMILES string of the molecule is O=C(O)CCC(NC(=O)N[CH]CCCCNC(=O)c1ccc(N/N=C\c2ccc([18F])cc2)cc1)C(=O)O. The molecule has 0 saturated heterocycles. The number of carbonyl (C=O) groups excluding carboxylic acids is 2. The van der Waals surface area contributed by atoms with E-state index in [-0.39, 0.29) is 24.6 Å². The van der Waals surface area contributed by atoms with Crippen LogP contribution < -0.4 is 21.4 Å². The monoisotopic (exact) mass is 513 g/mol. The quantitative estimate of drug-likeness (QED) is 0.121. The Kier molecular flexibility index (Phi) is 12.0. The second kappa shape index (κ2) is 15.5. The summed E-state index contributed by atoms with van der Waals surface area (Å²) in [4.78, 5) is 45.6. The van der Waals surface area contributed by atoms with Gasteiger partial charge >= 0.3 is 18.0 Å². The fourth-order valence-corrected chi connectivity index (χ4v) is 2.99. The van der Waals surface area contributed by atoms with Crippen molar-refractivity contribution >= 4 is 35.8 Å². The predicted molar refractivity (Wildman–Crippen MR) is 135 cm³/mol. The Bertz CT molecular complexity index is 1080. The summed E-state index contributed by atoms with van der Waals surface area (Å²) in [6, 6.07) is 10.6. The van der Waals surface area contributed by atoms with Crippen LogP contribution in [-0.2, 0) is 9.59 Å². The Morgan fingerprint density at radius 1 is 0.973 bits per heavy atom. The van der Waals surface area contributed by atoms with Gasteiger partial charge in [0.2, 0.25) is 0 Å². The van der Waals surface area contributed by atoms with E-state index in [1.54, 1.807) is 42.6 Å². The van der Waals surface area contributed by atoms with Gasteiger partial charge in [-0.3, -0.25) is 15.0 Å². The molecule has 1 unspecified atom stereocenters. The number of nitrogens with one attached hydrogen (secondary N) is 4. The summed E-state index contributed by atoms with van der Waals surface area (Å²) in [7, 11) is 0. The average molecular weight is 514 g/mol. The van der Waals surface area contributed by atoms with Gasteiger partial charge in [-0.05, 0) is 67.6 Å². The number of anilines is 1. The molecule has 0 aliphatic carbocycles. The summed E-state index contributed by atoms with van der Waals surface area (Å²) in [6.07, 6.45) is 2.77. The van der Waals surface area contributed by atoms with Gasteiger partial charge in [-0.1, -0.05) is 12.1 Å². The molecule has 6 N–H and O–H groups in total. The van der Waals surface area contributed by atoms with Crippen LogP contribution in [-0.4, -0.2) is 52.9 Å². The molecular weight excluding hydrogens is 484 g/mol. The second-order valence-corrected chi connectivity index (χ2v) is 7.90. The zero-order chi connectivity index (χ0) is 27.0. The van der Waals surface area contributed by atoms with Gasteiger partial charge in [0.1, 0.15) is 11.9 Å². The van der Waals surface area contributed by atoms with Crippen LogP contribution in [0.25, 0.3) is 0 Å². The third kappa shape index (κ3) is 11.7. The molecule has 0 heterocycles. The lowest BCUT2D eigenvalue weighted by molar-refractivity contribution is -0.140. The van der Waals surface area contributed by atoms with Crippen molar-refractivity contribution in [1.29, 1.82) is 0 Å². The molecule has 0 aromatic heterocycles. The Balaban J connectivity index is 1.59. The summed E-state index contributed by atoms with van der Waals surface area (Å²) in [5.74, 6) is -3.01. The standard InChI is InChI=1S/C25H29FN5O6/c26-19-8-4-17(5-9-19)16-29-31-20-10-6-18(7-11-20)23(34)27-14-2-1-3-15-28-25(37)30-21(24(35)36)12-13-22(32)33/h4-11,15-16,21,31H,1-3,12-14H2,(H,27,34)(H,32,33)(H,35,36)(H2,28,30,37)/b29-16-/i26-1. The van der Waals surface area contributed by atoms with Crippen LogP contribution in [0.3, 0.4) is 0 Å². The molecule has 0 spiro atoms. The largest absolute Gasteiger partial charge is 0.481 e. The maximum Gasteiger partial charge on any atom is 0.326 e. The van der Waals surface area contributed by atoms with E-state index in [1.165, 1.54) is 18.7 Å². The van der Waals surface area contributed by atoms with E-state index >= 15 is 0 Å². The molecule has 0 saturated carbocycles. The molecule has 3 amide bonds. The Morgan fingerprint density at radius 3 is 2.32 bits per heavy atom. The molecule has 1 radical (unpaired) electrons. The summed E-state index contributed by atoms with van der Waals surface area (Å²) >= 11 is 0. The van der Waals surface area contributed by atoms with Gasteiger partial charge in [-0.25, -0.2) is 14.0 Å². The highest BCUT2D eigenvalue weighted by Gasteiger charge is 2.20. The molecule has 0 bridgehead atoms. The van der Waals surface area contributed by atoms with Crippen LogP contribution in [0.2, 0.25) is 0 Å². The highest BCUT2D eigenvalue weighted by atomic mass is 18.2. The minimum Gasteiger partial charge on any atom is -0.481 e. The molecule has 12 heteroatoms. The zero-order valence-corrected chi connectivity index (χ0v) is 19.9. The maximum atomic E-state index is 12.9. The molecule has 0 aliphatic heterocycles. The van der Waals surface area contributed by atoms with Crippen molar-refractivity contribution in [1.82, 2.24) is 16.0 Å². The van der Waals surface area contributed by atoms with Gasteiger partial charge < -0.3 is 26.2 Å². The van der Waals surface area contributed by atoms with Crippen LogP contribution in [0.15, 0.2) is 53.6 Å². The molecule has 2 aromatic carbocycles. The van der Waals surface area contributed by atoms with Crippen molar-refractivity contribution in [2.75, 3.05) is 12.0 Å². The van der Waals surface area contributed by atoms with Crippen LogP contribution >= 0.6 is 0 Å². The van der Waals surface area contributed by atoms with Crippen molar-refractivity contribution in [3.8, 4) is 0 Å². The third-order valence-corrected chi connectivity index (χ3v) is 4.97. The lowest BCUT2D eigenvalue weighted by Crippen LogP contribution is -2.45. The number of carboxylic acids is 2. The molecule has 37 heavy (non-hydrogen) atoms. The first-order valence-electron chi connectivity index (χ1n) is 11.5. The number of urea groups is 1. The number of rotatable bonds is 15. The van der Waals surface area contributed by atoms with E-state index in [4.69, 9.17) is 10.2 Å². The molecule has 11 nitrogen and oxygen atoms in total. The van der Waals surface area contributed by atoms with Gasteiger partial charge in [0.25, 0.3) is 5.91 Å². The zero-order valence-electron chi connectivity index (χ0n) is 19.9. The number of unbranched alkanes of at least 4 members (excludes halogenated alkanes) is 2. The van der Waals surface area contributed by atoms with Crippen LogP contribution in [0.4, 0.5) is 14.9 Å². The molecule has 197 valence electrons. The number of hydrogen-bond acceptors (Lipinski definition) is 6. The van der Waals surface area contributed by atoms with E-state index < -0.39 is 24.0 Å². The van der Waals surface area contributed by atoms with Gasteiger partial charge in [0, 0.05) is 18.5 Å². The minimum absolute atomic E-state index is 0.220. The van der Waals surface area contributed by atoms with E-state index in [2.05, 4.69) is 26.5 Å². The molecule has 0 aliphatic rings. The number of nitrogens with zero attached hydrogens (tertiary/aromatic N) is 1. The highest BCUT2D eigenvalue weighted by molar-refractivity contribution is 5.94. The number of carboxylic acid groups (broad SMARTS) is 2. The number of aliphatic carboxylic acids is 2. The number of amides is 3. The van der Waals surface area contributed by atoms with E-state index in [0.29, 0.717) is 37.1 Å². The number of carbonyl (C=O) groups is 4. The van der Waals surface area contributed by atoms with Gasteiger partial charge in [0.05, 0.1) is 18.4 Å². The Morgan fingerprint density at radius 2 is 1.68 bits per heavy atom. The van der Waals surface area contributed by atoms with E-state index in [9.17, 15) is 23.6 Å². The lowest BCUT2D eigenvalue weighted by Gasteiger charge is -2.14. The molecule has 2 rings (SSSR count). The molecular formula is C25H29FN5O6. The van der Waals surface area contributed by atoms with Crippen LogP contribution in [0, 0.1) is 12.4 Å². The summed E-state index contributed by atoms with van der Waals surface area (Å²) in [5.41, 5.74) is 4.73. The molecule has 1 atom stereocenters. The summed E-state index contributed by atoms with van der Waals surface area (Å²) in [5, 5.41) is 29.1.